The van der Waals surface area contributed by atoms with Gasteiger partial charge < -0.3 is 10.4 Å². The molecule has 84 valence electrons. The number of carbonyl (C=O) groups excluding carboxylic acids is 1. The maximum absolute atomic E-state index is 11.5. The van der Waals surface area contributed by atoms with Crippen molar-refractivity contribution in [3.05, 3.63) is 0 Å². The molecule has 2 aliphatic heterocycles. The molecule has 0 aromatic heterocycles. The first-order chi connectivity index (χ1) is 7.08. The number of carboxylic acids is 1. The van der Waals surface area contributed by atoms with Crippen LogP contribution in [0, 0.1) is 0 Å². The number of nitrogens with two attached hydrogens (primary N) is 1. The van der Waals surface area contributed by atoms with Gasteiger partial charge in [-0.2, -0.15) is 0 Å². The third-order valence-electron chi connectivity index (χ3n) is 2.49. The van der Waals surface area contributed by atoms with Gasteiger partial charge in [-0.3, -0.25) is 31.3 Å². The Bertz CT molecular complexity index is 296. The van der Waals surface area contributed by atoms with Crippen LogP contribution in [0.5, 0.6) is 0 Å². The molecule has 2 fully saturated rings. The number of aliphatic carboxylic acids is 1. The van der Waals surface area contributed by atoms with Gasteiger partial charge in [-0.05, 0) is 0 Å². The van der Waals surface area contributed by atoms with Crippen LogP contribution in [0.3, 0.4) is 0 Å². The van der Waals surface area contributed by atoms with E-state index >= 15 is 0 Å². The van der Waals surface area contributed by atoms with E-state index in [0.29, 0.717) is 0 Å². The average molecular weight is 215 g/mol. The molecular formula is C7H13N5O3. The number of carboxylic acid groups (broad SMARTS) is 1. The third-order valence-corrected chi connectivity index (χ3v) is 2.49. The second-order valence-electron chi connectivity index (χ2n) is 3.57. The standard InChI is InChI=1S/C7H13N5O3/c8-7-11-4-3(5(13)12-7)10-2(1-9-4)6(14)15/h2-4,7,9-11H,1,8H2,(H,12,13)(H,14,15). The van der Waals surface area contributed by atoms with Crippen LogP contribution in [0.4, 0.5) is 0 Å². The maximum Gasteiger partial charge on any atom is 0.322 e. The molecule has 2 aliphatic rings. The summed E-state index contributed by atoms with van der Waals surface area (Å²) >= 11 is 0. The molecule has 8 heteroatoms. The van der Waals surface area contributed by atoms with Crippen molar-refractivity contribution in [2.45, 2.75) is 24.5 Å². The molecule has 0 bridgehead atoms. The predicted octanol–water partition coefficient (Wildman–Crippen LogP) is -3.71. The molecule has 7 N–H and O–H groups in total. The smallest absolute Gasteiger partial charge is 0.322 e. The molecule has 2 saturated heterocycles. The highest BCUT2D eigenvalue weighted by atomic mass is 16.4. The van der Waals surface area contributed by atoms with Gasteiger partial charge in [0.1, 0.15) is 18.4 Å². The van der Waals surface area contributed by atoms with Gasteiger partial charge in [-0.15, -0.1) is 0 Å². The highest BCUT2D eigenvalue weighted by Crippen LogP contribution is 2.04. The van der Waals surface area contributed by atoms with E-state index in [1.165, 1.54) is 0 Å². The van der Waals surface area contributed by atoms with E-state index in [9.17, 15) is 9.59 Å². The van der Waals surface area contributed by atoms with Crippen LogP contribution in [0.2, 0.25) is 0 Å². The summed E-state index contributed by atoms with van der Waals surface area (Å²) < 4.78 is 0. The molecule has 0 aliphatic carbocycles. The Hall–Kier alpha value is -1.22. The van der Waals surface area contributed by atoms with E-state index in [1.54, 1.807) is 0 Å². The summed E-state index contributed by atoms with van der Waals surface area (Å²) in [7, 11) is 0. The fourth-order valence-electron chi connectivity index (χ4n) is 1.75. The Morgan fingerprint density at radius 3 is 2.87 bits per heavy atom. The minimum Gasteiger partial charge on any atom is -0.480 e. The van der Waals surface area contributed by atoms with E-state index in [-0.39, 0.29) is 18.6 Å². The normalized spacial score (nSPS) is 40.5. The molecule has 1 amide bonds. The maximum atomic E-state index is 11.5. The van der Waals surface area contributed by atoms with Gasteiger partial charge in [0.05, 0.1) is 6.17 Å². The van der Waals surface area contributed by atoms with Gasteiger partial charge in [0, 0.05) is 6.54 Å². The van der Waals surface area contributed by atoms with Crippen LogP contribution in [-0.2, 0) is 9.59 Å². The van der Waals surface area contributed by atoms with E-state index in [0.717, 1.165) is 0 Å². The van der Waals surface area contributed by atoms with Gasteiger partial charge >= 0.3 is 5.97 Å². The van der Waals surface area contributed by atoms with Crippen molar-refractivity contribution in [1.29, 1.82) is 0 Å². The third kappa shape index (κ3) is 1.92. The molecule has 8 nitrogen and oxygen atoms in total. The van der Waals surface area contributed by atoms with Crippen LogP contribution in [-0.4, -0.2) is 48.1 Å². The van der Waals surface area contributed by atoms with Crippen molar-refractivity contribution in [3.63, 3.8) is 0 Å². The van der Waals surface area contributed by atoms with Crippen molar-refractivity contribution in [2.75, 3.05) is 6.54 Å². The van der Waals surface area contributed by atoms with Crippen molar-refractivity contribution in [2.24, 2.45) is 5.73 Å². The molecule has 2 heterocycles. The molecule has 0 spiro atoms. The largest absolute Gasteiger partial charge is 0.480 e. The fourth-order valence-corrected chi connectivity index (χ4v) is 1.75. The van der Waals surface area contributed by atoms with Gasteiger partial charge in [0.15, 0.2) is 0 Å². The summed E-state index contributed by atoms with van der Waals surface area (Å²) in [6.07, 6.45) is -0.932. The second-order valence-corrected chi connectivity index (χ2v) is 3.57. The SMILES string of the molecule is NC1NC(=O)C2NC(C(=O)O)CNC2N1. The zero-order valence-electron chi connectivity index (χ0n) is 7.86. The zero-order chi connectivity index (χ0) is 11.0. The highest BCUT2D eigenvalue weighted by molar-refractivity contribution is 5.85. The molecule has 0 aromatic rings. The number of hydrogen-bond acceptors (Lipinski definition) is 6. The first-order valence-electron chi connectivity index (χ1n) is 4.62. The minimum atomic E-state index is -0.983. The van der Waals surface area contributed by atoms with Crippen LogP contribution < -0.4 is 27.0 Å². The molecule has 2 rings (SSSR count). The molecule has 4 unspecified atom stereocenters. The Labute approximate surface area is 85.6 Å². The Kier molecular flexibility index (Phi) is 2.57. The highest BCUT2D eigenvalue weighted by Gasteiger charge is 2.40. The molecular weight excluding hydrogens is 202 g/mol. The Balaban J connectivity index is 2.06. The lowest BCUT2D eigenvalue weighted by Gasteiger charge is -2.41. The van der Waals surface area contributed by atoms with Crippen LogP contribution >= 0.6 is 0 Å². The number of rotatable bonds is 1. The lowest BCUT2D eigenvalue weighted by molar-refractivity contribution is -0.141. The molecule has 0 radical (unpaired) electrons. The van der Waals surface area contributed by atoms with Crippen molar-refractivity contribution in [3.8, 4) is 0 Å². The van der Waals surface area contributed by atoms with Gasteiger partial charge in [0.25, 0.3) is 0 Å². The van der Waals surface area contributed by atoms with Gasteiger partial charge in [-0.25, -0.2) is 0 Å². The van der Waals surface area contributed by atoms with Crippen molar-refractivity contribution in [1.82, 2.24) is 21.3 Å². The lowest BCUT2D eigenvalue weighted by atomic mass is 10.1. The molecule has 4 atom stereocenters. The summed E-state index contributed by atoms with van der Waals surface area (Å²) in [4.78, 5) is 22.2. The van der Waals surface area contributed by atoms with E-state index < -0.39 is 24.3 Å². The van der Waals surface area contributed by atoms with Crippen LogP contribution in [0.15, 0.2) is 0 Å². The van der Waals surface area contributed by atoms with Gasteiger partial charge in [0.2, 0.25) is 5.91 Å². The predicted molar refractivity (Wildman–Crippen MR) is 49.4 cm³/mol. The monoisotopic (exact) mass is 215 g/mol. The van der Waals surface area contributed by atoms with E-state index in [4.69, 9.17) is 10.8 Å². The molecule has 15 heavy (non-hydrogen) atoms. The Morgan fingerprint density at radius 1 is 1.47 bits per heavy atom. The number of piperazine rings is 1. The summed E-state index contributed by atoms with van der Waals surface area (Å²) in [5.74, 6) is -1.28. The van der Waals surface area contributed by atoms with Crippen LogP contribution in [0.1, 0.15) is 0 Å². The summed E-state index contributed by atoms with van der Waals surface area (Å²) in [6, 6.07) is -1.37. The quantitative estimate of drug-likeness (QED) is 0.265. The number of carbonyl (C=O) groups is 2. The molecule has 0 saturated carbocycles. The second kappa shape index (κ2) is 3.74. The fraction of sp³-hybridized carbons (Fsp3) is 0.714. The zero-order valence-corrected chi connectivity index (χ0v) is 7.86. The van der Waals surface area contributed by atoms with Crippen molar-refractivity contribution >= 4 is 11.9 Å². The summed E-state index contributed by atoms with van der Waals surface area (Å²) in [6.45, 7) is 0.253. The molecule has 0 aromatic carbocycles. The van der Waals surface area contributed by atoms with Gasteiger partial charge in [-0.1, -0.05) is 0 Å². The lowest BCUT2D eigenvalue weighted by Crippen LogP contribution is -2.78. The number of nitrogens with one attached hydrogen (secondary N) is 4. The number of amides is 1. The van der Waals surface area contributed by atoms with Crippen LogP contribution in [0.25, 0.3) is 0 Å². The van der Waals surface area contributed by atoms with E-state index in [2.05, 4.69) is 21.3 Å². The first kappa shape index (κ1) is 10.3. The van der Waals surface area contributed by atoms with E-state index in [1.807, 2.05) is 0 Å². The number of fused-ring (bicyclic) bond motifs is 1. The summed E-state index contributed by atoms with van der Waals surface area (Å²) in [5, 5.41) is 19.8. The number of hydrogen-bond donors (Lipinski definition) is 6. The first-order valence-corrected chi connectivity index (χ1v) is 4.62. The average Bonchev–Trinajstić information content (AvgIpc) is 2.16. The minimum absolute atomic E-state index is 0.253. The van der Waals surface area contributed by atoms with Crippen molar-refractivity contribution < 1.29 is 14.7 Å². The topological polar surface area (TPSA) is 129 Å². The Morgan fingerprint density at radius 2 is 2.20 bits per heavy atom. The summed E-state index contributed by atoms with van der Waals surface area (Å²) in [5.41, 5.74) is 5.50.